The molecule has 1 heterocycles. The smallest absolute Gasteiger partial charge is 0.126 e. The number of pyridine rings is 1. The molecule has 12 heavy (non-hydrogen) atoms. The van der Waals surface area contributed by atoms with Crippen LogP contribution >= 0.6 is 11.8 Å². The zero-order valence-corrected chi connectivity index (χ0v) is 8.53. The van der Waals surface area contributed by atoms with Gasteiger partial charge in [0.1, 0.15) is 5.82 Å². The number of anilines is 1. The second kappa shape index (κ2) is 4.36. The topological polar surface area (TPSA) is 24.9 Å². The summed E-state index contributed by atoms with van der Waals surface area (Å²) in [7, 11) is 1.89. The van der Waals surface area contributed by atoms with Crippen LogP contribution < -0.4 is 5.32 Å². The highest BCUT2D eigenvalue weighted by atomic mass is 32.2. The van der Waals surface area contributed by atoms with Crippen molar-refractivity contribution in [2.75, 3.05) is 18.6 Å². The quantitative estimate of drug-likeness (QED) is 0.776. The van der Waals surface area contributed by atoms with Gasteiger partial charge < -0.3 is 5.32 Å². The summed E-state index contributed by atoms with van der Waals surface area (Å²) in [5.41, 5.74) is 2.41. The first-order chi connectivity index (χ1) is 5.76. The summed E-state index contributed by atoms with van der Waals surface area (Å²) >= 11 is 1.79. The van der Waals surface area contributed by atoms with Crippen LogP contribution in [0.15, 0.2) is 12.1 Å². The minimum atomic E-state index is 0.957. The van der Waals surface area contributed by atoms with Gasteiger partial charge in [0.15, 0.2) is 0 Å². The molecule has 0 saturated carbocycles. The Morgan fingerprint density at radius 2 is 2.25 bits per heavy atom. The van der Waals surface area contributed by atoms with Crippen molar-refractivity contribution in [1.82, 2.24) is 4.98 Å². The number of rotatable bonds is 3. The molecule has 0 amide bonds. The van der Waals surface area contributed by atoms with E-state index in [0.29, 0.717) is 0 Å². The summed E-state index contributed by atoms with van der Waals surface area (Å²) in [5, 5.41) is 3.05. The molecule has 66 valence electrons. The zero-order valence-electron chi connectivity index (χ0n) is 7.72. The third-order valence-electron chi connectivity index (χ3n) is 1.57. The van der Waals surface area contributed by atoms with Gasteiger partial charge in [-0.2, -0.15) is 11.8 Å². The highest BCUT2D eigenvalue weighted by molar-refractivity contribution is 7.97. The van der Waals surface area contributed by atoms with E-state index in [4.69, 9.17) is 0 Å². The lowest BCUT2D eigenvalue weighted by molar-refractivity contribution is 1.15. The van der Waals surface area contributed by atoms with Gasteiger partial charge in [-0.05, 0) is 30.9 Å². The standard InChI is InChI=1S/C9H14N2S/c1-7-4-8(6-12-3)11-9(5-7)10-2/h4-5H,6H2,1-3H3,(H,10,11). The van der Waals surface area contributed by atoms with Gasteiger partial charge >= 0.3 is 0 Å². The molecule has 0 aliphatic rings. The van der Waals surface area contributed by atoms with E-state index in [1.54, 1.807) is 11.8 Å². The summed E-state index contributed by atoms with van der Waals surface area (Å²) in [6.07, 6.45) is 2.09. The Kier molecular flexibility index (Phi) is 3.41. The highest BCUT2D eigenvalue weighted by Gasteiger charge is 1.97. The van der Waals surface area contributed by atoms with Crippen LogP contribution in [-0.4, -0.2) is 18.3 Å². The molecule has 0 aliphatic carbocycles. The van der Waals surface area contributed by atoms with Crippen molar-refractivity contribution in [1.29, 1.82) is 0 Å². The average Bonchev–Trinajstić information content (AvgIpc) is 2.04. The SMILES string of the molecule is CNc1cc(C)cc(CSC)n1. The Bertz CT molecular complexity index is 261. The fourth-order valence-corrected chi connectivity index (χ4v) is 1.53. The Labute approximate surface area is 77.8 Å². The van der Waals surface area contributed by atoms with Crippen LogP contribution in [0.2, 0.25) is 0 Å². The normalized spacial score (nSPS) is 9.92. The highest BCUT2D eigenvalue weighted by Crippen LogP contribution is 2.12. The van der Waals surface area contributed by atoms with Crippen molar-refractivity contribution < 1.29 is 0 Å². The number of nitrogens with one attached hydrogen (secondary N) is 1. The summed E-state index contributed by atoms with van der Waals surface area (Å²) < 4.78 is 0. The Morgan fingerprint density at radius 3 is 2.83 bits per heavy atom. The van der Waals surface area contributed by atoms with Gasteiger partial charge in [0.2, 0.25) is 0 Å². The van der Waals surface area contributed by atoms with E-state index in [1.807, 2.05) is 13.1 Å². The molecular weight excluding hydrogens is 168 g/mol. The maximum atomic E-state index is 4.41. The monoisotopic (exact) mass is 182 g/mol. The summed E-state index contributed by atoms with van der Waals surface area (Å²) in [6, 6.07) is 4.17. The number of nitrogens with zero attached hydrogens (tertiary/aromatic N) is 1. The van der Waals surface area contributed by atoms with Crippen molar-refractivity contribution >= 4 is 17.6 Å². The van der Waals surface area contributed by atoms with E-state index in [-0.39, 0.29) is 0 Å². The first-order valence-corrected chi connectivity index (χ1v) is 5.30. The number of aromatic nitrogens is 1. The van der Waals surface area contributed by atoms with Gasteiger partial charge in [0, 0.05) is 12.8 Å². The number of hydrogen-bond acceptors (Lipinski definition) is 3. The predicted octanol–water partition coefficient (Wildman–Crippen LogP) is 2.29. The Hall–Kier alpha value is -0.700. The summed E-state index contributed by atoms with van der Waals surface area (Å²) in [4.78, 5) is 4.41. The first kappa shape index (κ1) is 9.39. The lowest BCUT2D eigenvalue weighted by Gasteiger charge is -2.04. The van der Waals surface area contributed by atoms with Crippen LogP contribution in [0.5, 0.6) is 0 Å². The molecule has 1 rings (SSSR count). The van der Waals surface area contributed by atoms with Crippen molar-refractivity contribution in [3.63, 3.8) is 0 Å². The molecule has 0 aliphatic heterocycles. The van der Waals surface area contributed by atoms with Crippen molar-refractivity contribution in [3.05, 3.63) is 23.4 Å². The molecule has 0 atom stereocenters. The van der Waals surface area contributed by atoms with E-state index in [2.05, 4.69) is 29.5 Å². The lowest BCUT2D eigenvalue weighted by atomic mass is 10.2. The van der Waals surface area contributed by atoms with Crippen LogP contribution in [0.25, 0.3) is 0 Å². The summed E-state index contributed by atoms with van der Waals surface area (Å²) in [6.45, 7) is 2.09. The van der Waals surface area contributed by atoms with Gasteiger partial charge in [0.05, 0.1) is 5.69 Å². The second-order valence-corrected chi connectivity index (χ2v) is 3.57. The van der Waals surface area contributed by atoms with Crippen molar-refractivity contribution in [2.24, 2.45) is 0 Å². The summed E-state index contributed by atoms with van der Waals surface area (Å²) in [5.74, 6) is 1.94. The number of aryl methyl sites for hydroxylation is 1. The van der Waals surface area contributed by atoms with E-state index < -0.39 is 0 Å². The van der Waals surface area contributed by atoms with Crippen LogP contribution in [-0.2, 0) is 5.75 Å². The molecule has 0 radical (unpaired) electrons. The lowest BCUT2D eigenvalue weighted by Crippen LogP contribution is -1.96. The molecule has 1 aromatic rings. The van der Waals surface area contributed by atoms with E-state index in [1.165, 1.54) is 5.56 Å². The van der Waals surface area contributed by atoms with Crippen molar-refractivity contribution in [3.8, 4) is 0 Å². The molecule has 0 saturated heterocycles. The average molecular weight is 182 g/mol. The van der Waals surface area contributed by atoms with Crippen LogP contribution in [0.3, 0.4) is 0 Å². The fourth-order valence-electron chi connectivity index (χ4n) is 1.09. The molecule has 0 unspecified atom stereocenters. The van der Waals surface area contributed by atoms with E-state index in [9.17, 15) is 0 Å². The van der Waals surface area contributed by atoms with Crippen LogP contribution in [0.1, 0.15) is 11.3 Å². The fraction of sp³-hybridized carbons (Fsp3) is 0.444. The minimum absolute atomic E-state index is 0.957. The Balaban J connectivity index is 2.90. The maximum absolute atomic E-state index is 4.41. The third kappa shape index (κ3) is 2.41. The second-order valence-electron chi connectivity index (χ2n) is 2.70. The van der Waals surface area contributed by atoms with E-state index >= 15 is 0 Å². The van der Waals surface area contributed by atoms with E-state index in [0.717, 1.165) is 17.3 Å². The molecule has 0 fully saturated rings. The molecule has 0 bridgehead atoms. The molecular formula is C9H14N2S. The molecule has 1 N–H and O–H groups in total. The van der Waals surface area contributed by atoms with Crippen LogP contribution in [0, 0.1) is 6.92 Å². The predicted molar refractivity (Wildman–Crippen MR) is 55.7 cm³/mol. The first-order valence-electron chi connectivity index (χ1n) is 3.90. The van der Waals surface area contributed by atoms with Gasteiger partial charge in [-0.15, -0.1) is 0 Å². The van der Waals surface area contributed by atoms with Crippen molar-refractivity contribution in [2.45, 2.75) is 12.7 Å². The zero-order chi connectivity index (χ0) is 8.97. The minimum Gasteiger partial charge on any atom is -0.373 e. The van der Waals surface area contributed by atoms with Gasteiger partial charge in [-0.3, -0.25) is 0 Å². The third-order valence-corrected chi connectivity index (χ3v) is 2.16. The molecule has 1 aromatic heterocycles. The maximum Gasteiger partial charge on any atom is 0.126 e. The number of thioether (sulfide) groups is 1. The molecule has 0 aromatic carbocycles. The van der Waals surface area contributed by atoms with Gasteiger partial charge in [-0.1, -0.05) is 0 Å². The molecule has 0 spiro atoms. The number of hydrogen-bond donors (Lipinski definition) is 1. The Morgan fingerprint density at radius 1 is 1.50 bits per heavy atom. The largest absolute Gasteiger partial charge is 0.373 e. The van der Waals surface area contributed by atoms with Gasteiger partial charge in [0.25, 0.3) is 0 Å². The van der Waals surface area contributed by atoms with Crippen LogP contribution in [0.4, 0.5) is 5.82 Å². The van der Waals surface area contributed by atoms with Gasteiger partial charge in [-0.25, -0.2) is 4.98 Å². The molecule has 3 heteroatoms. The molecule has 2 nitrogen and oxygen atoms in total.